The summed E-state index contributed by atoms with van der Waals surface area (Å²) in [6, 6.07) is 14.1. The number of carbonyl (C=O) groups is 1. The fraction of sp³-hybridized carbons (Fsp3) is 0.263. The van der Waals surface area contributed by atoms with Gasteiger partial charge in [-0.2, -0.15) is 0 Å². The molecule has 0 unspecified atom stereocenters. The fourth-order valence-corrected chi connectivity index (χ4v) is 3.86. The Kier molecular flexibility index (Phi) is 6.99. The van der Waals surface area contributed by atoms with E-state index in [9.17, 15) is 13.2 Å². The molecule has 0 atom stereocenters. The van der Waals surface area contributed by atoms with Gasteiger partial charge in [0.2, 0.25) is 0 Å². The monoisotopic (exact) mass is 391 g/mol. The number of hydrogen-bond acceptors (Lipinski definition) is 6. The van der Waals surface area contributed by atoms with Crippen molar-refractivity contribution in [1.82, 2.24) is 0 Å². The lowest BCUT2D eigenvalue weighted by Gasteiger charge is -2.07. The topological polar surface area (TPSA) is 72.8 Å². The highest BCUT2D eigenvalue weighted by Crippen LogP contribution is 2.22. The normalized spacial score (nSPS) is 12.0. The lowest BCUT2D eigenvalue weighted by molar-refractivity contribution is -0.134. The molecule has 5 nitrogen and oxygen atoms in total. The van der Waals surface area contributed by atoms with Crippen LogP contribution in [0.3, 0.4) is 0 Å². The van der Waals surface area contributed by atoms with E-state index in [-0.39, 0.29) is 16.5 Å². The Morgan fingerprint density at radius 2 is 1.54 bits per heavy atom. The van der Waals surface area contributed by atoms with Gasteiger partial charge in [-0.3, -0.25) is 4.99 Å². The van der Waals surface area contributed by atoms with E-state index >= 15 is 0 Å². The Bertz CT molecular complexity index is 886. The second-order valence-corrected chi connectivity index (χ2v) is 8.68. The fourth-order valence-electron chi connectivity index (χ4n) is 2.01. The van der Waals surface area contributed by atoms with Crippen LogP contribution in [0.4, 0.5) is 0 Å². The molecule has 2 rings (SSSR count). The number of ether oxygens (including phenoxy) is 1. The maximum atomic E-state index is 12.5. The molecule has 2 aromatic rings. The summed E-state index contributed by atoms with van der Waals surface area (Å²) in [5, 5.41) is 0.0198. The zero-order valence-corrected chi connectivity index (χ0v) is 16.6. The first-order chi connectivity index (χ1) is 12.3. The maximum Gasteiger partial charge on any atom is 0.363 e. The van der Waals surface area contributed by atoms with Crippen molar-refractivity contribution in [2.24, 2.45) is 4.99 Å². The van der Waals surface area contributed by atoms with Crippen LogP contribution in [0.5, 0.6) is 0 Å². The molecule has 0 fully saturated rings. The Balaban J connectivity index is 2.24. The van der Waals surface area contributed by atoms with Gasteiger partial charge in [0.1, 0.15) is 5.88 Å². The lowest BCUT2D eigenvalue weighted by atomic mass is 10.2. The lowest BCUT2D eigenvalue weighted by Crippen LogP contribution is -2.16. The van der Waals surface area contributed by atoms with Crippen molar-refractivity contribution >= 4 is 32.6 Å². The number of sulfone groups is 1. The molecule has 0 radical (unpaired) electrons. The molecule has 0 N–H and O–H groups in total. The summed E-state index contributed by atoms with van der Waals surface area (Å²) in [5.74, 6) is -1.14. The van der Waals surface area contributed by atoms with Gasteiger partial charge in [0.25, 0.3) is 0 Å². The van der Waals surface area contributed by atoms with Gasteiger partial charge in [0.05, 0.1) is 11.5 Å². The number of hydrogen-bond donors (Lipinski definition) is 0. The Morgan fingerprint density at radius 3 is 2.08 bits per heavy atom. The summed E-state index contributed by atoms with van der Waals surface area (Å²) in [4.78, 5) is 17.2. The summed E-state index contributed by atoms with van der Waals surface area (Å²) < 4.78 is 29.9. The first-order valence-electron chi connectivity index (χ1n) is 8.07. The molecule has 0 spiro atoms. The Labute approximate surface area is 158 Å². The number of carbonyl (C=O) groups excluding carboxylic acids is 1. The van der Waals surface area contributed by atoms with E-state index in [1.54, 1.807) is 19.1 Å². The zero-order chi connectivity index (χ0) is 19.2. The summed E-state index contributed by atoms with van der Waals surface area (Å²) in [7, 11) is -3.63. The first kappa shape index (κ1) is 20.2. The van der Waals surface area contributed by atoms with Crippen LogP contribution in [0.1, 0.15) is 18.1 Å². The molecule has 0 aliphatic carbocycles. The number of rotatable bonds is 5. The van der Waals surface area contributed by atoms with Gasteiger partial charge >= 0.3 is 5.97 Å². The molecule has 2 aromatic carbocycles. The van der Waals surface area contributed by atoms with Crippen LogP contribution in [0.2, 0.25) is 0 Å². The molecule has 0 aliphatic heterocycles. The van der Waals surface area contributed by atoms with Crippen LogP contribution < -0.4 is 0 Å². The van der Waals surface area contributed by atoms with E-state index in [2.05, 4.69) is 4.99 Å². The minimum Gasteiger partial charge on any atom is -0.461 e. The number of aryl methyl sites for hydroxylation is 2. The van der Waals surface area contributed by atoms with E-state index in [0.29, 0.717) is 0 Å². The van der Waals surface area contributed by atoms with Crippen molar-refractivity contribution in [3.8, 4) is 0 Å². The number of thioether (sulfide) groups is 1. The van der Waals surface area contributed by atoms with Crippen molar-refractivity contribution in [2.75, 3.05) is 12.5 Å². The van der Waals surface area contributed by atoms with Crippen molar-refractivity contribution in [3.63, 3.8) is 0 Å². The number of aliphatic imine (C=N–C) groups is 1. The second-order valence-electron chi connectivity index (χ2n) is 5.66. The minimum atomic E-state index is -3.63. The molecule has 26 heavy (non-hydrogen) atoms. The van der Waals surface area contributed by atoms with Gasteiger partial charge < -0.3 is 4.74 Å². The van der Waals surface area contributed by atoms with Gasteiger partial charge in [-0.05, 0) is 45.0 Å². The summed E-state index contributed by atoms with van der Waals surface area (Å²) in [5.41, 5.74) is 2.06. The van der Waals surface area contributed by atoms with E-state index < -0.39 is 21.7 Å². The highest BCUT2D eigenvalue weighted by Gasteiger charge is 2.19. The largest absolute Gasteiger partial charge is 0.461 e. The Hall–Kier alpha value is -2.12. The maximum absolute atomic E-state index is 12.5. The summed E-state index contributed by atoms with van der Waals surface area (Å²) >= 11 is 1.09. The highest BCUT2D eigenvalue weighted by atomic mass is 32.2. The third-order valence-electron chi connectivity index (χ3n) is 3.44. The van der Waals surface area contributed by atoms with Gasteiger partial charge in [-0.25, -0.2) is 13.2 Å². The minimum absolute atomic E-state index is 0.0198. The van der Waals surface area contributed by atoms with Crippen molar-refractivity contribution < 1.29 is 17.9 Å². The summed E-state index contributed by atoms with van der Waals surface area (Å²) in [6.07, 6.45) is 0. The standard InChI is InChI=1S/C19H21NO4S2/c1-4-24-19(21)18(25-16-9-5-14(2)6-10-16)20-13-26(22,23)17-11-7-15(3)8-12-17/h5-12H,4,13H2,1-3H3. The van der Waals surface area contributed by atoms with Crippen molar-refractivity contribution in [3.05, 3.63) is 59.7 Å². The molecule has 0 saturated heterocycles. The third kappa shape index (κ3) is 5.71. The van der Waals surface area contributed by atoms with Gasteiger partial charge in [0.15, 0.2) is 14.9 Å². The second kappa shape index (κ2) is 9.00. The quantitative estimate of drug-likeness (QED) is 0.336. The predicted molar refractivity (Wildman–Crippen MR) is 104 cm³/mol. The van der Waals surface area contributed by atoms with E-state index in [0.717, 1.165) is 27.8 Å². The van der Waals surface area contributed by atoms with E-state index in [1.807, 2.05) is 38.1 Å². The number of benzene rings is 2. The molecule has 138 valence electrons. The van der Waals surface area contributed by atoms with Crippen LogP contribution in [-0.2, 0) is 19.4 Å². The molecule has 0 aliphatic rings. The van der Waals surface area contributed by atoms with E-state index in [1.165, 1.54) is 12.1 Å². The van der Waals surface area contributed by atoms with Crippen molar-refractivity contribution in [2.45, 2.75) is 30.6 Å². The molecular weight excluding hydrogens is 370 g/mol. The van der Waals surface area contributed by atoms with Crippen LogP contribution in [0, 0.1) is 13.8 Å². The van der Waals surface area contributed by atoms with Gasteiger partial charge in [-0.15, -0.1) is 0 Å². The van der Waals surface area contributed by atoms with Crippen LogP contribution >= 0.6 is 11.8 Å². The molecule has 0 bridgehead atoms. The average molecular weight is 392 g/mol. The SMILES string of the molecule is CCOC(=O)C(=NCS(=O)(=O)c1ccc(C)cc1)Sc1ccc(C)cc1. The van der Waals surface area contributed by atoms with E-state index in [4.69, 9.17) is 4.74 Å². The molecular formula is C19H21NO4S2. The van der Waals surface area contributed by atoms with Crippen LogP contribution in [0.15, 0.2) is 63.3 Å². The molecule has 0 heterocycles. The highest BCUT2D eigenvalue weighted by molar-refractivity contribution is 8.15. The number of nitrogens with zero attached hydrogens (tertiary/aromatic N) is 1. The summed E-state index contributed by atoms with van der Waals surface area (Å²) in [6.45, 7) is 5.72. The number of esters is 1. The van der Waals surface area contributed by atoms with Gasteiger partial charge in [0, 0.05) is 4.90 Å². The smallest absolute Gasteiger partial charge is 0.363 e. The molecule has 7 heteroatoms. The van der Waals surface area contributed by atoms with Crippen LogP contribution in [0.25, 0.3) is 0 Å². The Morgan fingerprint density at radius 1 is 1.00 bits per heavy atom. The van der Waals surface area contributed by atoms with Gasteiger partial charge in [-0.1, -0.05) is 47.2 Å². The average Bonchev–Trinajstić information content (AvgIpc) is 2.61. The molecule has 0 amide bonds. The molecule has 0 aromatic heterocycles. The zero-order valence-electron chi connectivity index (χ0n) is 14.9. The molecule has 0 saturated carbocycles. The third-order valence-corrected chi connectivity index (χ3v) is 5.90. The first-order valence-corrected chi connectivity index (χ1v) is 10.5. The van der Waals surface area contributed by atoms with Crippen LogP contribution in [-0.4, -0.2) is 31.9 Å². The van der Waals surface area contributed by atoms with Crippen molar-refractivity contribution in [1.29, 1.82) is 0 Å². The predicted octanol–water partition coefficient (Wildman–Crippen LogP) is 3.79.